The number of nitrogens with one attached hydrogen (secondary N) is 1. The van der Waals surface area contributed by atoms with Crippen LogP contribution in [0.25, 0.3) is 10.9 Å². The smallest absolute Gasteiger partial charge is 0.408 e. The molecule has 4 aliphatic rings. The molecule has 1 N–H and O–H groups in total. The van der Waals surface area contributed by atoms with Crippen LogP contribution in [0, 0.1) is 29.1 Å². The molecule has 11 heteroatoms. The first-order valence-corrected chi connectivity index (χ1v) is 16.5. The number of hydrogen-bond donors (Lipinski definition) is 1. The molecule has 3 fully saturated rings. The molecule has 46 heavy (non-hydrogen) atoms. The molecule has 2 amide bonds. The number of ketones is 1. The minimum Gasteiger partial charge on any atom is -0.497 e. The van der Waals surface area contributed by atoms with Crippen molar-refractivity contribution >= 4 is 28.7 Å². The van der Waals surface area contributed by atoms with Crippen molar-refractivity contribution < 1.29 is 37.4 Å². The topological polar surface area (TPSA) is 107 Å². The molecule has 2 saturated carbocycles. The second-order valence-electron chi connectivity index (χ2n) is 14.9. The molecular weight excluding hydrogens is 596 g/mol. The van der Waals surface area contributed by atoms with Crippen molar-refractivity contribution in [1.29, 1.82) is 0 Å². The lowest BCUT2D eigenvalue weighted by molar-refractivity contribution is -0.141. The molecule has 2 aliphatic carbocycles. The van der Waals surface area contributed by atoms with Gasteiger partial charge in [-0.2, -0.15) is 0 Å². The largest absolute Gasteiger partial charge is 0.497 e. The highest BCUT2D eigenvalue weighted by Crippen LogP contribution is 2.58. The third kappa shape index (κ3) is 6.13. The number of benzene rings is 1. The Morgan fingerprint density at radius 1 is 1.09 bits per heavy atom. The lowest BCUT2D eigenvalue weighted by Crippen LogP contribution is -2.57. The molecule has 1 aromatic carbocycles. The van der Waals surface area contributed by atoms with Gasteiger partial charge in [-0.25, -0.2) is 18.6 Å². The second-order valence-corrected chi connectivity index (χ2v) is 14.9. The fourth-order valence-corrected chi connectivity index (χ4v) is 7.99. The first kappa shape index (κ1) is 32.4. The standard InChI is InChI=1S/C35H45F2N3O6/c1-18-28-17-40(29(18)19(2)41)32(42)30(34(3,4)5)39-33(43)46-27-15-21-13-24(21)23(27)9-7-8-12-35(36,37)25-14-20-10-11-22(44-6)16-26(20)38-31(25)45-28/h10-11,14,16,18,21,23-24,27-30H,7-9,12-13,15,17H2,1-6H3,(H,39,43)/t18-,21?,23-,24?,27-,28+,29+,30-/m1/s1. The van der Waals surface area contributed by atoms with Gasteiger partial charge in [0.15, 0.2) is 5.78 Å². The fraction of sp³-hybridized carbons (Fsp3) is 0.657. The van der Waals surface area contributed by atoms with Crippen LogP contribution in [0.1, 0.15) is 78.7 Å². The van der Waals surface area contributed by atoms with Crippen LogP contribution in [0.15, 0.2) is 24.3 Å². The van der Waals surface area contributed by atoms with E-state index in [2.05, 4.69) is 10.3 Å². The van der Waals surface area contributed by atoms with Gasteiger partial charge < -0.3 is 24.4 Å². The number of methoxy groups -OCH3 is 1. The summed E-state index contributed by atoms with van der Waals surface area (Å²) in [6, 6.07) is 4.62. The van der Waals surface area contributed by atoms with E-state index < -0.39 is 53.9 Å². The van der Waals surface area contributed by atoms with Crippen LogP contribution < -0.4 is 14.8 Å². The van der Waals surface area contributed by atoms with Gasteiger partial charge in [0.25, 0.3) is 5.92 Å². The van der Waals surface area contributed by atoms with E-state index in [-0.39, 0.29) is 42.2 Å². The van der Waals surface area contributed by atoms with Gasteiger partial charge in [-0.1, -0.05) is 34.1 Å². The molecule has 1 saturated heterocycles. The Morgan fingerprint density at radius 3 is 2.54 bits per heavy atom. The number of ether oxygens (including phenoxy) is 3. The van der Waals surface area contributed by atoms with E-state index in [1.807, 2.05) is 20.8 Å². The predicted molar refractivity (Wildman–Crippen MR) is 167 cm³/mol. The summed E-state index contributed by atoms with van der Waals surface area (Å²) >= 11 is 0. The molecule has 3 heterocycles. The lowest BCUT2D eigenvalue weighted by atomic mass is 9.85. The number of fused-ring (bicyclic) bond motifs is 7. The first-order chi connectivity index (χ1) is 21.7. The van der Waals surface area contributed by atoms with Crippen molar-refractivity contribution in [2.24, 2.45) is 29.1 Å². The first-order valence-electron chi connectivity index (χ1n) is 16.5. The number of alkyl carbamates (subject to hydrolysis) is 1. The number of amides is 2. The molecule has 9 nitrogen and oxygen atoms in total. The highest BCUT2D eigenvalue weighted by atomic mass is 19.3. The van der Waals surface area contributed by atoms with Crippen molar-refractivity contribution in [3.8, 4) is 11.6 Å². The normalized spacial score (nSPS) is 33.0. The SMILES string of the molecule is COc1ccc2cc3c(nc2c1)O[C@H]1CN(C(=O)[C@H](C(C)(C)C)NC(=O)O[C@@H]2CC4CC4[C@H]2CCCCC3(F)F)[C@H](C(C)=O)[C@@H]1C. The monoisotopic (exact) mass is 641 g/mol. The maximum Gasteiger partial charge on any atom is 0.408 e. The Labute approximate surface area is 268 Å². The van der Waals surface area contributed by atoms with Crippen LogP contribution >= 0.6 is 0 Å². The Balaban J connectivity index is 1.41. The predicted octanol–water partition coefficient (Wildman–Crippen LogP) is 6.26. The third-order valence-electron chi connectivity index (χ3n) is 10.6. The van der Waals surface area contributed by atoms with E-state index in [1.165, 1.54) is 25.0 Å². The van der Waals surface area contributed by atoms with Crippen molar-refractivity contribution in [1.82, 2.24) is 15.2 Å². The van der Waals surface area contributed by atoms with Crippen LogP contribution in [0.3, 0.4) is 0 Å². The quantitative estimate of drug-likeness (QED) is 0.413. The summed E-state index contributed by atoms with van der Waals surface area (Å²) < 4.78 is 49.9. The Hall–Kier alpha value is -3.50. The number of aromatic nitrogens is 1. The summed E-state index contributed by atoms with van der Waals surface area (Å²) in [5.74, 6) is -3.16. The van der Waals surface area contributed by atoms with Crippen LogP contribution in [0.2, 0.25) is 0 Å². The molecular formula is C35H45F2N3O6. The van der Waals surface area contributed by atoms with Gasteiger partial charge in [0.1, 0.15) is 24.0 Å². The number of halogens is 2. The molecule has 250 valence electrons. The number of pyridine rings is 1. The average Bonchev–Trinajstić information content (AvgIpc) is 3.55. The molecule has 0 radical (unpaired) electrons. The molecule has 2 bridgehead atoms. The third-order valence-corrected chi connectivity index (χ3v) is 10.6. The number of carbonyl (C=O) groups excluding carboxylic acids is 3. The van der Waals surface area contributed by atoms with Gasteiger partial charge in [-0.3, -0.25) is 9.59 Å². The van der Waals surface area contributed by atoms with Crippen molar-refractivity contribution in [2.45, 2.75) is 103 Å². The molecule has 0 spiro atoms. The van der Waals surface area contributed by atoms with Gasteiger partial charge in [0.05, 0.1) is 30.8 Å². The summed E-state index contributed by atoms with van der Waals surface area (Å²) in [7, 11) is 1.52. The van der Waals surface area contributed by atoms with Crippen molar-refractivity contribution in [2.75, 3.05) is 13.7 Å². The van der Waals surface area contributed by atoms with Gasteiger partial charge >= 0.3 is 6.09 Å². The van der Waals surface area contributed by atoms with Crippen LogP contribution in [0.5, 0.6) is 11.6 Å². The average molecular weight is 642 g/mol. The highest BCUT2D eigenvalue weighted by molar-refractivity contribution is 5.92. The van der Waals surface area contributed by atoms with Gasteiger partial charge in [0, 0.05) is 23.8 Å². The Morgan fingerprint density at radius 2 is 1.85 bits per heavy atom. The minimum absolute atomic E-state index is 0.0372. The molecule has 8 atom stereocenters. The minimum atomic E-state index is -3.25. The zero-order valence-electron chi connectivity index (χ0n) is 27.5. The number of alkyl halides is 2. The van der Waals surface area contributed by atoms with Gasteiger partial charge in [-0.15, -0.1) is 0 Å². The molecule has 2 aliphatic heterocycles. The van der Waals surface area contributed by atoms with Crippen LogP contribution in [-0.4, -0.2) is 65.6 Å². The van der Waals surface area contributed by atoms with Gasteiger partial charge in [0.2, 0.25) is 11.8 Å². The molecule has 2 unspecified atom stereocenters. The maximum absolute atomic E-state index is 16.2. The number of rotatable bonds is 2. The number of hydrogen-bond acceptors (Lipinski definition) is 7. The summed E-state index contributed by atoms with van der Waals surface area (Å²) in [6.45, 7) is 8.66. The van der Waals surface area contributed by atoms with Crippen LogP contribution in [-0.2, 0) is 20.2 Å². The fourth-order valence-electron chi connectivity index (χ4n) is 7.99. The summed E-state index contributed by atoms with van der Waals surface area (Å²) in [4.78, 5) is 46.5. The zero-order valence-corrected chi connectivity index (χ0v) is 27.5. The number of carbonyl (C=O) groups is 3. The molecule has 2 aromatic rings. The number of nitrogens with zero attached hydrogens (tertiary/aromatic N) is 2. The van der Waals surface area contributed by atoms with E-state index in [4.69, 9.17) is 14.2 Å². The second kappa shape index (κ2) is 11.9. The maximum atomic E-state index is 16.2. The van der Waals surface area contributed by atoms with Crippen LogP contribution in [0.4, 0.5) is 13.6 Å². The Bertz CT molecular complexity index is 1530. The van der Waals surface area contributed by atoms with Crippen molar-refractivity contribution in [3.63, 3.8) is 0 Å². The number of Topliss-reactive ketones (excluding diaryl/α,β-unsaturated/α-hetero) is 1. The van der Waals surface area contributed by atoms with Gasteiger partial charge in [-0.05, 0) is 74.0 Å². The van der Waals surface area contributed by atoms with E-state index in [9.17, 15) is 14.4 Å². The van der Waals surface area contributed by atoms with Crippen molar-refractivity contribution in [3.05, 3.63) is 29.8 Å². The Kier molecular flexibility index (Phi) is 8.42. The summed E-state index contributed by atoms with van der Waals surface area (Å²) in [6.07, 6.45) is 1.16. The summed E-state index contributed by atoms with van der Waals surface area (Å²) in [5.41, 5.74) is -0.599. The zero-order chi connectivity index (χ0) is 33.1. The van der Waals surface area contributed by atoms with E-state index in [0.717, 1.165) is 12.8 Å². The highest BCUT2D eigenvalue weighted by Gasteiger charge is 2.55. The van der Waals surface area contributed by atoms with E-state index in [0.29, 0.717) is 41.3 Å². The van der Waals surface area contributed by atoms with E-state index >= 15 is 8.78 Å². The summed E-state index contributed by atoms with van der Waals surface area (Å²) in [5, 5.41) is 3.37. The lowest BCUT2D eigenvalue weighted by Gasteiger charge is -2.35. The van der Waals surface area contributed by atoms with E-state index in [1.54, 1.807) is 25.1 Å². The molecule has 6 rings (SSSR count). The molecule has 1 aromatic heterocycles.